The molecular formula is C18H8F6N2O4. The van der Waals surface area contributed by atoms with Crippen LogP contribution in [0.5, 0.6) is 11.5 Å². The summed E-state index contributed by atoms with van der Waals surface area (Å²) in [5.74, 6) is -22.6. The first-order valence-electron chi connectivity index (χ1n) is 7.90. The van der Waals surface area contributed by atoms with Crippen LogP contribution in [0, 0.1) is 0 Å². The van der Waals surface area contributed by atoms with Gasteiger partial charge in [0, 0.05) is 0 Å². The van der Waals surface area contributed by atoms with Crippen molar-refractivity contribution in [2.75, 3.05) is 0 Å². The molecule has 1 aliphatic rings. The SMILES string of the molecule is O=C=Nc1ccc(OC2(F)C(F)(F)C(F)(F)C2(F)Oc2ccc(N=C=O)cc2)cc1. The van der Waals surface area contributed by atoms with Crippen molar-refractivity contribution in [3.8, 4) is 11.5 Å². The highest BCUT2D eigenvalue weighted by atomic mass is 19.3. The molecule has 2 aromatic carbocycles. The summed E-state index contributed by atoms with van der Waals surface area (Å²) in [5.41, 5.74) is -0.0615. The van der Waals surface area contributed by atoms with Gasteiger partial charge < -0.3 is 9.47 Å². The van der Waals surface area contributed by atoms with Crippen LogP contribution < -0.4 is 9.47 Å². The number of isocyanates is 2. The molecule has 2 unspecified atom stereocenters. The zero-order valence-electron chi connectivity index (χ0n) is 14.4. The molecule has 0 N–H and O–H groups in total. The molecule has 0 aromatic heterocycles. The Balaban J connectivity index is 1.95. The minimum Gasteiger partial charge on any atom is -0.447 e. The van der Waals surface area contributed by atoms with Crippen molar-refractivity contribution in [2.24, 2.45) is 9.98 Å². The predicted molar refractivity (Wildman–Crippen MR) is 87.3 cm³/mol. The van der Waals surface area contributed by atoms with Gasteiger partial charge in [-0.25, -0.2) is 9.59 Å². The van der Waals surface area contributed by atoms with Crippen molar-refractivity contribution in [1.82, 2.24) is 0 Å². The molecule has 0 aliphatic heterocycles. The second-order valence-electron chi connectivity index (χ2n) is 5.94. The molecule has 1 saturated carbocycles. The van der Waals surface area contributed by atoms with E-state index in [2.05, 4.69) is 19.5 Å². The van der Waals surface area contributed by atoms with Gasteiger partial charge >= 0.3 is 23.6 Å². The molecule has 1 fully saturated rings. The van der Waals surface area contributed by atoms with Crippen molar-refractivity contribution < 1.29 is 45.4 Å². The summed E-state index contributed by atoms with van der Waals surface area (Å²) < 4.78 is 94.1. The summed E-state index contributed by atoms with van der Waals surface area (Å²) in [4.78, 5) is 26.7. The standard InChI is InChI=1S/C18H8F6N2O4/c19-15(20)16(21,22)18(24,30-14-7-3-12(4-8-14)26-10-28)17(15,23)29-13-5-1-11(2-6-13)25-9-27/h1-8H. The molecule has 0 heterocycles. The number of hydrogen-bond acceptors (Lipinski definition) is 6. The van der Waals surface area contributed by atoms with Crippen LogP contribution in [0.25, 0.3) is 0 Å². The second-order valence-corrected chi connectivity index (χ2v) is 5.94. The minimum absolute atomic E-state index is 0.0307. The van der Waals surface area contributed by atoms with E-state index in [0.29, 0.717) is 0 Å². The molecule has 6 nitrogen and oxygen atoms in total. The lowest BCUT2D eigenvalue weighted by Crippen LogP contribution is -2.89. The molecule has 12 heteroatoms. The highest BCUT2D eigenvalue weighted by molar-refractivity contribution is 5.51. The molecule has 1 aliphatic carbocycles. The van der Waals surface area contributed by atoms with Crippen LogP contribution in [0.15, 0.2) is 58.5 Å². The van der Waals surface area contributed by atoms with Crippen LogP contribution >= 0.6 is 0 Å². The smallest absolute Gasteiger partial charge is 0.395 e. The van der Waals surface area contributed by atoms with E-state index >= 15 is 0 Å². The summed E-state index contributed by atoms with van der Waals surface area (Å²) in [5, 5.41) is 0. The topological polar surface area (TPSA) is 77.3 Å². The molecule has 2 atom stereocenters. The lowest BCUT2D eigenvalue weighted by atomic mass is 9.76. The number of ether oxygens (including phenoxy) is 2. The average Bonchev–Trinajstić information content (AvgIpc) is 2.70. The lowest BCUT2D eigenvalue weighted by Gasteiger charge is -2.55. The van der Waals surface area contributed by atoms with Gasteiger partial charge in [-0.3, -0.25) is 0 Å². The Bertz CT molecular complexity index is 964. The van der Waals surface area contributed by atoms with Crippen LogP contribution in [-0.2, 0) is 9.59 Å². The fourth-order valence-electron chi connectivity index (χ4n) is 2.61. The molecule has 156 valence electrons. The first-order chi connectivity index (χ1) is 14.0. The first-order valence-corrected chi connectivity index (χ1v) is 7.90. The summed E-state index contributed by atoms with van der Waals surface area (Å²) >= 11 is 0. The Morgan fingerprint density at radius 3 is 1.17 bits per heavy atom. The van der Waals surface area contributed by atoms with E-state index in [1.807, 2.05) is 0 Å². The van der Waals surface area contributed by atoms with Crippen LogP contribution in [0.2, 0.25) is 0 Å². The normalized spacial score (nSPS) is 25.8. The Morgan fingerprint density at radius 2 is 0.900 bits per heavy atom. The van der Waals surface area contributed by atoms with Crippen molar-refractivity contribution >= 4 is 23.5 Å². The van der Waals surface area contributed by atoms with E-state index in [-0.39, 0.29) is 11.4 Å². The fourth-order valence-corrected chi connectivity index (χ4v) is 2.61. The largest absolute Gasteiger partial charge is 0.447 e. The Morgan fingerprint density at radius 1 is 0.600 bits per heavy atom. The van der Waals surface area contributed by atoms with E-state index in [4.69, 9.17) is 0 Å². The zero-order valence-corrected chi connectivity index (χ0v) is 14.4. The third-order valence-corrected chi connectivity index (χ3v) is 4.16. The van der Waals surface area contributed by atoms with Gasteiger partial charge in [0.2, 0.25) is 12.2 Å². The number of alkyl halides is 6. The maximum absolute atomic E-state index is 14.9. The van der Waals surface area contributed by atoms with Crippen molar-refractivity contribution in [2.45, 2.75) is 23.6 Å². The molecule has 0 bridgehead atoms. The highest BCUT2D eigenvalue weighted by Crippen LogP contribution is 2.68. The molecule has 0 saturated heterocycles. The summed E-state index contributed by atoms with van der Waals surface area (Å²) in [6.07, 6.45) is 2.37. The summed E-state index contributed by atoms with van der Waals surface area (Å²) in [6.45, 7) is 0. The highest BCUT2D eigenvalue weighted by Gasteiger charge is 3.03. The van der Waals surface area contributed by atoms with E-state index < -0.39 is 35.1 Å². The Hall–Kier alpha value is -3.62. The third-order valence-electron chi connectivity index (χ3n) is 4.16. The van der Waals surface area contributed by atoms with E-state index in [0.717, 1.165) is 48.5 Å². The third kappa shape index (κ3) is 2.85. The van der Waals surface area contributed by atoms with Crippen molar-refractivity contribution in [3.05, 3.63) is 48.5 Å². The van der Waals surface area contributed by atoms with Gasteiger partial charge in [0.1, 0.15) is 11.5 Å². The molecule has 30 heavy (non-hydrogen) atoms. The van der Waals surface area contributed by atoms with Gasteiger partial charge in [-0.1, -0.05) is 0 Å². The van der Waals surface area contributed by atoms with Crippen LogP contribution in [0.1, 0.15) is 0 Å². The van der Waals surface area contributed by atoms with Gasteiger partial charge in [0.15, 0.2) is 0 Å². The van der Waals surface area contributed by atoms with Gasteiger partial charge in [-0.2, -0.15) is 36.3 Å². The maximum Gasteiger partial charge on any atom is 0.395 e. The Labute approximate surface area is 163 Å². The monoisotopic (exact) mass is 430 g/mol. The number of aliphatic imine (C=N–C) groups is 2. The number of benzene rings is 2. The zero-order chi connectivity index (χ0) is 22.2. The molecule has 3 rings (SSSR count). The van der Waals surface area contributed by atoms with E-state index in [1.165, 1.54) is 12.2 Å². The van der Waals surface area contributed by atoms with Gasteiger partial charge in [-0.15, -0.1) is 0 Å². The van der Waals surface area contributed by atoms with Crippen LogP contribution in [0.3, 0.4) is 0 Å². The lowest BCUT2D eigenvalue weighted by molar-refractivity contribution is -0.527. The van der Waals surface area contributed by atoms with Gasteiger partial charge in [0.25, 0.3) is 0 Å². The summed E-state index contributed by atoms with van der Waals surface area (Å²) in [7, 11) is 0. The molecular weight excluding hydrogens is 422 g/mol. The second kappa shape index (κ2) is 7.01. The van der Waals surface area contributed by atoms with Gasteiger partial charge in [-0.05, 0) is 48.5 Å². The molecule has 0 spiro atoms. The molecule has 2 aromatic rings. The van der Waals surface area contributed by atoms with Crippen molar-refractivity contribution in [1.29, 1.82) is 0 Å². The molecule has 0 radical (unpaired) electrons. The van der Waals surface area contributed by atoms with E-state index in [1.54, 1.807) is 0 Å². The van der Waals surface area contributed by atoms with Crippen LogP contribution in [-0.4, -0.2) is 35.7 Å². The molecule has 0 amide bonds. The number of carbonyl (C=O) groups excluding carboxylic acids is 2. The number of nitrogens with zero attached hydrogens (tertiary/aromatic N) is 2. The number of rotatable bonds is 6. The average molecular weight is 430 g/mol. The van der Waals surface area contributed by atoms with Crippen LogP contribution in [0.4, 0.5) is 37.7 Å². The van der Waals surface area contributed by atoms with E-state index in [9.17, 15) is 35.9 Å². The predicted octanol–water partition coefficient (Wildman–Crippen LogP) is 4.69. The van der Waals surface area contributed by atoms with Crippen molar-refractivity contribution in [3.63, 3.8) is 0 Å². The summed E-state index contributed by atoms with van der Waals surface area (Å²) in [6, 6.07) is 7.18. The quantitative estimate of drug-likeness (QED) is 0.378. The first kappa shape index (κ1) is 21.1. The maximum atomic E-state index is 14.9. The van der Waals surface area contributed by atoms with Gasteiger partial charge in [0.05, 0.1) is 11.4 Å². The number of hydrogen-bond donors (Lipinski definition) is 0. The fraction of sp³-hybridized carbons (Fsp3) is 0.222. The minimum atomic E-state index is -5.60. The Kier molecular flexibility index (Phi) is 4.93. The number of halogens is 6.